The summed E-state index contributed by atoms with van der Waals surface area (Å²) in [5, 5.41) is 14.0. The smallest absolute Gasteiger partial charge is 0.338 e. The number of hydrogen-bond donors (Lipinski definition) is 1. The number of nitrogens with one attached hydrogen (secondary N) is 1. The molecular formula is C32H22BrN3O4S. The molecule has 0 saturated heterocycles. The molecule has 0 bridgehead atoms. The summed E-state index contributed by atoms with van der Waals surface area (Å²) in [5.74, 6) is 0.377. The fraction of sp³-hybridized carbons (Fsp3) is 0.0625. The van der Waals surface area contributed by atoms with Crippen molar-refractivity contribution in [3.05, 3.63) is 117 Å². The van der Waals surface area contributed by atoms with E-state index in [1.807, 2.05) is 30.3 Å². The summed E-state index contributed by atoms with van der Waals surface area (Å²) in [5.41, 5.74) is 3.39. The lowest BCUT2D eigenvalue weighted by atomic mass is 10.1. The molecule has 41 heavy (non-hydrogen) atoms. The Bertz CT molecular complexity index is 1770. The van der Waals surface area contributed by atoms with Crippen LogP contribution in [0.25, 0.3) is 34.2 Å². The van der Waals surface area contributed by atoms with Gasteiger partial charge in [0.25, 0.3) is 5.91 Å². The Morgan fingerprint density at radius 1 is 0.976 bits per heavy atom. The Morgan fingerprint density at radius 3 is 2.37 bits per heavy atom. The highest BCUT2D eigenvalue weighted by Crippen LogP contribution is 2.37. The number of hydrogen-bond acceptors (Lipinski definition) is 7. The number of nitriles is 1. The van der Waals surface area contributed by atoms with E-state index in [1.54, 1.807) is 73.7 Å². The SMILES string of the molecule is CCOC(=O)c1ccc(-c2ccc(C=C(C#N)c3nc(-c4ccccc4)c(NC(=O)c4ccc(Br)cc4)s3)o2)cc1. The number of esters is 1. The van der Waals surface area contributed by atoms with Crippen LogP contribution in [-0.2, 0) is 4.74 Å². The molecular weight excluding hydrogens is 602 g/mol. The lowest BCUT2D eigenvalue weighted by molar-refractivity contribution is 0.0526. The molecule has 0 unspecified atom stereocenters. The maximum absolute atomic E-state index is 13.0. The number of benzene rings is 3. The van der Waals surface area contributed by atoms with Gasteiger partial charge in [0.15, 0.2) is 0 Å². The van der Waals surface area contributed by atoms with Crippen molar-refractivity contribution < 1.29 is 18.7 Å². The zero-order valence-corrected chi connectivity index (χ0v) is 24.2. The van der Waals surface area contributed by atoms with E-state index in [4.69, 9.17) is 14.1 Å². The van der Waals surface area contributed by atoms with E-state index in [-0.39, 0.29) is 17.4 Å². The molecule has 1 amide bonds. The van der Waals surface area contributed by atoms with Gasteiger partial charge in [0.2, 0.25) is 0 Å². The van der Waals surface area contributed by atoms with E-state index in [0.717, 1.165) is 15.6 Å². The fourth-order valence-electron chi connectivity index (χ4n) is 3.94. The van der Waals surface area contributed by atoms with Gasteiger partial charge in [-0.1, -0.05) is 69.7 Å². The number of allylic oxidation sites excluding steroid dienone is 1. The molecule has 202 valence electrons. The Hall–Kier alpha value is -4.78. The molecule has 0 aliphatic rings. The van der Waals surface area contributed by atoms with Crippen molar-refractivity contribution in [1.29, 1.82) is 5.26 Å². The standard InChI is InChI=1S/C32H22BrN3O4S/c1-2-39-32(38)23-10-8-20(9-11-23)27-17-16-26(40-27)18-24(19-34)30-35-28(21-6-4-3-5-7-21)31(41-30)36-29(37)22-12-14-25(33)15-13-22/h3-18H,2H2,1H3,(H,36,37). The summed E-state index contributed by atoms with van der Waals surface area (Å²) in [6.45, 7) is 2.06. The highest BCUT2D eigenvalue weighted by molar-refractivity contribution is 9.10. The van der Waals surface area contributed by atoms with Crippen LogP contribution in [0.3, 0.4) is 0 Å². The van der Waals surface area contributed by atoms with Gasteiger partial charge in [-0.3, -0.25) is 4.79 Å². The molecule has 5 aromatic rings. The first-order chi connectivity index (χ1) is 19.9. The maximum atomic E-state index is 13.0. The largest absolute Gasteiger partial charge is 0.462 e. The molecule has 2 heterocycles. The molecule has 9 heteroatoms. The van der Waals surface area contributed by atoms with Crippen molar-refractivity contribution in [3.63, 3.8) is 0 Å². The molecule has 2 aromatic heterocycles. The third kappa shape index (κ3) is 6.52. The molecule has 0 saturated carbocycles. The Labute approximate surface area is 248 Å². The number of rotatable bonds is 8. The quantitative estimate of drug-likeness (QED) is 0.138. The molecule has 0 radical (unpaired) electrons. The topological polar surface area (TPSA) is 105 Å². The zero-order chi connectivity index (χ0) is 28.8. The summed E-state index contributed by atoms with van der Waals surface area (Å²) in [6.07, 6.45) is 1.62. The first kappa shape index (κ1) is 27.8. The highest BCUT2D eigenvalue weighted by atomic mass is 79.9. The van der Waals surface area contributed by atoms with E-state index in [9.17, 15) is 14.9 Å². The van der Waals surface area contributed by atoms with E-state index < -0.39 is 0 Å². The lowest BCUT2D eigenvalue weighted by Gasteiger charge is -2.05. The van der Waals surface area contributed by atoms with Gasteiger partial charge < -0.3 is 14.5 Å². The number of carbonyl (C=O) groups is 2. The van der Waals surface area contributed by atoms with Crippen LogP contribution in [0.15, 0.2) is 99.9 Å². The van der Waals surface area contributed by atoms with Gasteiger partial charge in [-0.2, -0.15) is 5.26 Å². The number of thiazole rings is 1. The second-order valence-corrected chi connectivity index (χ2v) is 10.6. The molecule has 5 rings (SSSR count). The molecule has 1 N–H and O–H groups in total. The van der Waals surface area contributed by atoms with Crippen molar-refractivity contribution in [3.8, 4) is 28.7 Å². The van der Waals surface area contributed by atoms with Crippen LogP contribution in [-0.4, -0.2) is 23.5 Å². The summed E-state index contributed by atoms with van der Waals surface area (Å²) >= 11 is 4.60. The van der Waals surface area contributed by atoms with Gasteiger partial charge in [0, 0.05) is 27.2 Å². The maximum Gasteiger partial charge on any atom is 0.338 e. The molecule has 0 spiro atoms. The second kappa shape index (κ2) is 12.6. The normalized spacial score (nSPS) is 11.1. The van der Waals surface area contributed by atoms with E-state index >= 15 is 0 Å². The van der Waals surface area contributed by atoms with Crippen molar-refractivity contribution in [1.82, 2.24) is 4.98 Å². The molecule has 0 fully saturated rings. The van der Waals surface area contributed by atoms with Crippen LogP contribution in [0.4, 0.5) is 5.00 Å². The first-order valence-corrected chi connectivity index (χ1v) is 14.2. The Balaban J connectivity index is 1.44. The molecule has 3 aromatic carbocycles. The number of halogens is 1. The average molecular weight is 625 g/mol. The van der Waals surface area contributed by atoms with Crippen molar-refractivity contribution in [2.45, 2.75) is 6.92 Å². The minimum atomic E-state index is -0.383. The van der Waals surface area contributed by atoms with Crippen LogP contribution < -0.4 is 5.32 Å². The van der Waals surface area contributed by atoms with Crippen molar-refractivity contribution in [2.75, 3.05) is 11.9 Å². The van der Waals surface area contributed by atoms with Gasteiger partial charge in [0.05, 0.1) is 17.7 Å². The molecule has 0 aliphatic carbocycles. The molecule has 7 nitrogen and oxygen atoms in total. The van der Waals surface area contributed by atoms with Gasteiger partial charge in [-0.25, -0.2) is 9.78 Å². The Kier molecular flexibility index (Phi) is 8.53. The Morgan fingerprint density at radius 2 is 1.68 bits per heavy atom. The number of carbonyl (C=O) groups excluding carboxylic acids is 2. The monoisotopic (exact) mass is 623 g/mol. The van der Waals surface area contributed by atoms with E-state index in [0.29, 0.717) is 45.0 Å². The van der Waals surface area contributed by atoms with Crippen LogP contribution in [0.2, 0.25) is 0 Å². The highest BCUT2D eigenvalue weighted by Gasteiger charge is 2.19. The minimum Gasteiger partial charge on any atom is -0.462 e. The predicted molar refractivity (Wildman–Crippen MR) is 163 cm³/mol. The number of ether oxygens (including phenoxy) is 1. The summed E-state index contributed by atoms with van der Waals surface area (Å²) < 4.78 is 11.9. The number of amides is 1. The van der Waals surface area contributed by atoms with Crippen molar-refractivity contribution >= 4 is 55.8 Å². The van der Waals surface area contributed by atoms with E-state index in [2.05, 4.69) is 27.3 Å². The summed E-state index contributed by atoms with van der Waals surface area (Å²) in [4.78, 5) is 29.7. The van der Waals surface area contributed by atoms with Crippen LogP contribution in [0.1, 0.15) is 38.4 Å². The zero-order valence-electron chi connectivity index (χ0n) is 21.8. The van der Waals surface area contributed by atoms with Gasteiger partial charge in [-0.05, 0) is 55.5 Å². The van der Waals surface area contributed by atoms with Gasteiger partial charge in [-0.15, -0.1) is 0 Å². The third-order valence-electron chi connectivity index (χ3n) is 5.95. The fourth-order valence-corrected chi connectivity index (χ4v) is 5.16. The number of anilines is 1. The predicted octanol–water partition coefficient (Wildman–Crippen LogP) is 8.33. The first-order valence-electron chi connectivity index (χ1n) is 12.6. The van der Waals surface area contributed by atoms with Crippen molar-refractivity contribution in [2.24, 2.45) is 0 Å². The summed E-state index contributed by atoms with van der Waals surface area (Å²) in [7, 11) is 0. The van der Waals surface area contributed by atoms with E-state index in [1.165, 1.54) is 11.3 Å². The molecule has 0 aliphatic heterocycles. The van der Waals surface area contributed by atoms with Crippen LogP contribution >= 0.6 is 27.3 Å². The van der Waals surface area contributed by atoms with Crippen LogP contribution in [0.5, 0.6) is 0 Å². The number of furan rings is 1. The number of aromatic nitrogens is 1. The second-order valence-electron chi connectivity index (χ2n) is 8.69. The van der Waals surface area contributed by atoms with Crippen LogP contribution in [0, 0.1) is 11.3 Å². The lowest BCUT2D eigenvalue weighted by Crippen LogP contribution is -2.11. The number of nitrogens with zero attached hydrogens (tertiary/aromatic N) is 2. The van der Waals surface area contributed by atoms with Gasteiger partial charge >= 0.3 is 5.97 Å². The minimum absolute atomic E-state index is 0.281. The molecule has 0 atom stereocenters. The summed E-state index contributed by atoms with van der Waals surface area (Å²) in [6, 6.07) is 29.2. The third-order valence-corrected chi connectivity index (χ3v) is 7.49. The van der Waals surface area contributed by atoms with Gasteiger partial charge in [0.1, 0.15) is 33.3 Å². The average Bonchev–Trinajstić information content (AvgIpc) is 3.64.